The number of phenols is 1. The van der Waals surface area contributed by atoms with Crippen LogP contribution < -0.4 is 0 Å². The number of aromatic hydroxyl groups is 1. The van der Waals surface area contributed by atoms with E-state index in [1.54, 1.807) is 12.1 Å². The van der Waals surface area contributed by atoms with Gasteiger partial charge in [0, 0.05) is 5.02 Å². The molecule has 0 aliphatic heterocycles. The maximum absolute atomic E-state index is 13.0. The molecule has 0 fully saturated rings. The van der Waals surface area contributed by atoms with Crippen molar-refractivity contribution in [3.63, 3.8) is 0 Å². The van der Waals surface area contributed by atoms with Gasteiger partial charge >= 0.3 is 5.97 Å². The van der Waals surface area contributed by atoms with Gasteiger partial charge in [-0.05, 0) is 41.0 Å². The average molecular weight is 451 g/mol. The minimum absolute atomic E-state index is 0.0672. The Morgan fingerprint density at radius 1 is 1.00 bits per heavy atom. The van der Waals surface area contributed by atoms with Gasteiger partial charge in [0.2, 0.25) is 0 Å². The summed E-state index contributed by atoms with van der Waals surface area (Å²) >= 11 is 11.8. The van der Waals surface area contributed by atoms with E-state index >= 15 is 0 Å². The molecule has 3 aromatic rings. The van der Waals surface area contributed by atoms with E-state index in [-0.39, 0.29) is 21.2 Å². The smallest absolute Gasteiger partial charge is 0.338 e. The highest BCUT2D eigenvalue weighted by atomic mass is 35.5. The zero-order chi connectivity index (χ0) is 21.2. The molecule has 0 heterocycles. The highest BCUT2D eigenvalue weighted by Crippen LogP contribution is 2.36. The molecule has 3 rings (SSSR count). The first-order valence-electron chi connectivity index (χ1n) is 8.40. The zero-order valence-electron chi connectivity index (χ0n) is 15.2. The van der Waals surface area contributed by atoms with Crippen LogP contribution in [-0.4, -0.2) is 26.6 Å². The van der Waals surface area contributed by atoms with Gasteiger partial charge in [-0.15, -0.1) is 0 Å². The molecule has 0 unspecified atom stereocenters. The van der Waals surface area contributed by atoms with Crippen molar-refractivity contribution in [3.05, 3.63) is 81.8 Å². The molecular weight excluding hydrogens is 435 g/mol. The van der Waals surface area contributed by atoms with Gasteiger partial charge in [0.25, 0.3) is 0 Å². The number of ether oxygens (including phenoxy) is 1. The summed E-state index contributed by atoms with van der Waals surface area (Å²) in [4.78, 5) is 11.8. The van der Waals surface area contributed by atoms with Crippen molar-refractivity contribution < 1.29 is 23.1 Å². The van der Waals surface area contributed by atoms with E-state index in [0.29, 0.717) is 0 Å². The first-order chi connectivity index (χ1) is 13.7. The summed E-state index contributed by atoms with van der Waals surface area (Å²) in [6, 6.07) is 16.5. The number of sulfone groups is 1. The van der Waals surface area contributed by atoms with Gasteiger partial charge in [0.15, 0.2) is 15.6 Å². The molecule has 0 aliphatic rings. The standard InChI is InChI=1S/C21H16Cl2O5S/c1-28-21(25)17-8-7-14(13-5-3-2-4-6-13)9-15(17)12-29(26,27)19-11-16(22)10-18(23)20(19)24/h2-11,24H,12H2,1H3. The van der Waals surface area contributed by atoms with E-state index in [4.69, 9.17) is 27.9 Å². The molecule has 0 spiro atoms. The van der Waals surface area contributed by atoms with E-state index in [1.165, 1.54) is 19.2 Å². The van der Waals surface area contributed by atoms with Crippen molar-refractivity contribution in [2.24, 2.45) is 0 Å². The van der Waals surface area contributed by atoms with Gasteiger partial charge in [-0.3, -0.25) is 0 Å². The molecule has 0 saturated carbocycles. The fraction of sp³-hybridized carbons (Fsp3) is 0.0952. The van der Waals surface area contributed by atoms with Crippen LogP contribution in [0.3, 0.4) is 0 Å². The maximum Gasteiger partial charge on any atom is 0.338 e. The second-order valence-electron chi connectivity index (χ2n) is 6.22. The second-order valence-corrected chi connectivity index (χ2v) is 9.02. The molecule has 0 saturated heterocycles. The molecule has 29 heavy (non-hydrogen) atoms. The van der Waals surface area contributed by atoms with Crippen LogP contribution in [0.5, 0.6) is 5.75 Å². The second kappa shape index (κ2) is 8.45. The van der Waals surface area contributed by atoms with Crippen molar-refractivity contribution in [1.29, 1.82) is 0 Å². The van der Waals surface area contributed by atoms with Crippen molar-refractivity contribution in [3.8, 4) is 16.9 Å². The molecule has 3 aromatic carbocycles. The van der Waals surface area contributed by atoms with E-state index in [0.717, 1.165) is 17.2 Å². The van der Waals surface area contributed by atoms with Crippen LogP contribution in [0.25, 0.3) is 11.1 Å². The average Bonchev–Trinajstić information content (AvgIpc) is 2.70. The summed E-state index contributed by atoms with van der Waals surface area (Å²) in [5, 5.41) is 10.0. The van der Waals surface area contributed by atoms with Crippen LogP contribution in [0.15, 0.2) is 65.6 Å². The number of phenolic OH excluding ortho intramolecular Hbond substituents is 1. The molecule has 0 amide bonds. The van der Waals surface area contributed by atoms with Gasteiger partial charge in [-0.2, -0.15) is 0 Å². The molecular formula is C21H16Cl2O5S. The molecule has 8 heteroatoms. The summed E-state index contributed by atoms with van der Waals surface area (Å²) in [7, 11) is -2.86. The molecule has 0 aliphatic carbocycles. The molecule has 0 bridgehead atoms. The maximum atomic E-state index is 13.0. The Morgan fingerprint density at radius 2 is 1.69 bits per heavy atom. The van der Waals surface area contributed by atoms with Gasteiger partial charge in [0.1, 0.15) is 4.90 Å². The number of carbonyl (C=O) groups excluding carboxylic acids is 1. The lowest BCUT2D eigenvalue weighted by molar-refractivity contribution is 0.0600. The van der Waals surface area contributed by atoms with Crippen LogP contribution in [0.4, 0.5) is 0 Å². The number of rotatable bonds is 5. The van der Waals surface area contributed by atoms with E-state index < -0.39 is 32.2 Å². The predicted octanol–water partition coefficient (Wildman–Crippen LogP) is 5.13. The van der Waals surface area contributed by atoms with Gasteiger partial charge in [-0.25, -0.2) is 13.2 Å². The third-order valence-corrected chi connectivity index (χ3v) is 6.47. The number of halogens is 2. The topological polar surface area (TPSA) is 80.7 Å². The number of methoxy groups -OCH3 is 1. The summed E-state index contributed by atoms with van der Waals surface area (Å²) in [5.41, 5.74) is 1.94. The zero-order valence-corrected chi connectivity index (χ0v) is 17.6. The van der Waals surface area contributed by atoms with Crippen molar-refractivity contribution in [2.45, 2.75) is 10.6 Å². The number of hydrogen-bond donors (Lipinski definition) is 1. The lowest BCUT2D eigenvalue weighted by Crippen LogP contribution is -2.11. The highest BCUT2D eigenvalue weighted by molar-refractivity contribution is 7.90. The molecule has 150 valence electrons. The molecule has 0 atom stereocenters. The Bertz CT molecular complexity index is 1180. The third-order valence-electron chi connectivity index (χ3n) is 4.29. The van der Waals surface area contributed by atoms with Crippen LogP contribution in [-0.2, 0) is 20.3 Å². The van der Waals surface area contributed by atoms with Crippen LogP contribution in [0, 0.1) is 0 Å². The normalized spacial score (nSPS) is 11.3. The number of hydrogen-bond acceptors (Lipinski definition) is 5. The van der Waals surface area contributed by atoms with Crippen LogP contribution in [0.2, 0.25) is 10.0 Å². The Kier molecular flexibility index (Phi) is 6.17. The first-order valence-corrected chi connectivity index (χ1v) is 10.8. The Labute approximate surface area is 178 Å². The van der Waals surface area contributed by atoms with E-state index in [9.17, 15) is 18.3 Å². The Balaban J connectivity index is 2.12. The summed E-state index contributed by atoms with van der Waals surface area (Å²) in [6.07, 6.45) is 0. The minimum Gasteiger partial charge on any atom is -0.505 e. The number of carbonyl (C=O) groups is 1. The van der Waals surface area contributed by atoms with Crippen molar-refractivity contribution in [2.75, 3.05) is 7.11 Å². The Morgan fingerprint density at radius 3 is 2.34 bits per heavy atom. The predicted molar refractivity (Wildman–Crippen MR) is 112 cm³/mol. The minimum atomic E-state index is -4.08. The summed E-state index contributed by atoms with van der Waals surface area (Å²) in [6.45, 7) is 0. The first kappa shape index (κ1) is 21.2. The molecule has 1 N–H and O–H groups in total. The molecule has 0 aromatic heterocycles. The van der Waals surface area contributed by atoms with Gasteiger partial charge < -0.3 is 9.84 Å². The highest BCUT2D eigenvalue weighted by Gasteiger charge is 2.25. The summed E-state index contributed by atoms with van der Waals surface area (Å²) in [5.74, 6) is -1.81. The fourth-order valence-corrected chi connectivity index (χ4v) is 5.02. The number of esters is 1. The monoisotopic (exact) mass is 450 g/mol. The van der Waals surface area contributed by atoms with E-state index in [2.05, 4.69) is 0 Å². The van der Waals surface area contributed by atoms with Gasteiger partial charge in [-0.1, -0.05) is 59.6 Å². The fourth-order valence-electron chi connectivity index (χ4n) is 2.89. The lowest BCUT2D eigenvalue weighted by atomic mass is 10.00. The molecule has 0 radical (unpaired) electrons. The SMILES string of the molecule is COC(=O)c1ccc(-c2ccccc2)cc1CS(=O)(=O)c1cc(Cl)cc(Cl)c1O. The summed E-state index contributed by atoms with van der Waals surface area (Å²) < 4.78 is 30.8. The van der Waals surface area contributed by atoms with Crippen molar-refractivity contribution >= 4 is 39.0 Å². The van der Waals surface area contributed by atoms with Gasteiger partial charge in [0.05, 0.1) is 23.4 Å². The Hall–Kier alpha value is -2.54. The largest absolute Gasteiger partial charge is 0.505 e. The van der Waals surface area contributed by atoms with Crippen LogP contribution in [0.1, 0.15) is 15.9 Å². The third kappa shape index (κ3) is 4.56. The quantitative estimate of drug-likeness (QED) is 0.545. The van der Waals surface area contributed by atoms with Crippen molar-refractivity contribution in [1.82, 2.24) is 0 Å². The van der Waals surface area contributed by atoms with E-state index in [1.807, 2.05) is 30.3 Å². The lowest BCUT2D eigenvalue weighted by Gasteiger charge is -2.13. The molecule has 5 nitrogen and oxygen atoms in total. The van der Waals surface area contributed by atoms with Crippen LogP contribution >= 0.6 is 23.2 Å². The number of benzene rings is 3.